The molecule has 1 heterocycles. The van der Waals surface area contributed by atoms with Gasteiger partial charge in [-0.25, -0.2) is 0 Å². The Morgan fingerprint density at radius 1 is 0.920 bits per heavy atom. The summed E-state index contributed by atoms with van der Waals surface area (Å²) >= 11 is 0. The summed E-state index contributed by atoms with van der Waals surface area (Å²) in [5.41, 5.74) is 7.59. The van der Waals surface area contributed by atoms with Crippen molar-refractivity contribution in [3.05, 3.63) is 76.9 Å². The summed E-state index contributed by atoms with van der Waals surface area (Å²) < 4.78 is 0. The first-order chi connectivity index (χ1) is 12.4. The number of benzene rings is 2. The molecule has 0 N–H and O–H groups in total. The molecule has 1 unspecified atom stereocenters. The van der Waals surface area contributed by atoms with Gasteiger partial charge in [0.15, 0.2) is 0 Å². The smallest absolute Gasteiger partial charge is 0.0208 e. The fraction of sp³-hybridized carbons (Fsp3) is 0.417. The largest absolute Gasteiger partial charge is 0.299 e. The number of unbranched alkanes of at least 4 members (excludes halogenated alkanes) is 3. The van der Waals surface area contributed by atoms with Crippen molar-refractivity contribution in [2.75, 3.05) is 19.6 Å². The van der Waals surface area contributed by atoms with Crippen molar-refractivity contribution < 1.29 is 0 Å². The zero-order chi connectivity index (χ0) is 17.1. The molecule has 0 radical (unpaired) electrons. The van der Waals surface area contributed by atoms with Gasteiger partial charge < -0.3 is 0 Å². The zero-order valence-electron chi connectivity index (χ0n) is 15.4. The van der Waals surface area contributed by atoms with Crippen LogP contribution in [0.1, 0.15) is 61.6 Å². The number of hydrogen-bond acceptors (Lipinski definition) is 1. The molecule has 0 saturated carbocycles. The average Bonchev–Trinajstić information content (AvgIpc) is 2.99. The van der Waals surface area contributed by atoms with Crippen molar-refractivity contribution in [2.24, 2.45) is 0 Å². The van der Waals surface area contributed by atoms with Crippen LogP contribution < -0.4 is 0 Å². The number of nitrogens with zero attached hydrogens (tertiary/aromatic N) is 1. The third kappa shape index (κ3) is 3.30. The van der Waals surface area contributed by atoms with Crippen molar-refractivity contribution in [1.29, 1.82) is 0 Å². The van der Waals surface area contributed by atoms with Crippen molar-refractivity contribution in [3.8, 4) is 0 Å². The number of hydrogen-bond donors (Lipinski definition) is 0. The van der Waals surface area contributed by atoms with E-state index in [1.165, 1.54) is 61.9 Å². The highest BCUT2D eigenvalue weighted by Gasteiger charge is 2.35. The van der Waals surface area contributed by atoms with Crippen LogP contribution in [0.2, 0.25) is 0 Å². The normalized spacial score (nSPS) is 19.8. The van der Waals surface area contributed by atoms with E-state index in [9.17, 15) is 0 Å². The van der Waals surface area contributed by atoms with Gasteiger partial charge in [-0.05, 0) is 53.8 Å². The quantitative estimate of drug-likeness (QED) is 0.598. The van der Waals surface area contributed by atoms with Crippen molar-refractivity contribution in [2.45, 2.75) is 44.9 Å². The predicted octanol–water partition coefficient (Wildman–Crippen LogP) is 5.87. The Kier molecular flexibility index (Phi) is 5.03. The lowest BCUT2D eigenvalue weighted by atomic mass is 9.88. The second-order valence-electron chi connectivity index (χ2n) is 7.53. The van der Waals surface area contributed by atoms with E-state index >= 15 is 0 Å². The molecule has 2 aromatic rings. The van der Waals surface area contributed by atoms with Gasteiger partial charge in [0.1, 0.15) is 0 Å². The van der Waals surface area contributed by atoms with Crippen LogP contribution in [0, 0.1) is 0 Å². The number of likely N-dealkylation sites (tertiary alicyclic amines) is 1. The summed E-state index contributed by atoms with van der Waals surface area (Å²) in [5.74, 6) is 0.637. The van der Waals surface area contributed by atoms with Crippen molar-refractivity contribution in [3.63, 3.8) is 0 Å². The summed E-state index contributed by atoms with van der Waals surface area (Å²) in [4.78, 5) is 2.69. The summed E-state index contributed by atoms with van der Waals surface area (Å²) in [6.07, 6.45) is 6.69. The van der Waals surface area contributed by atoms with Gasteiger partial charge in [0.05, 0.1) is 0 Å². The average molecular weight is 332 g/mol. The SMILES string of the molecule is CCCCCCN1CCC2C(=C(c3ccccc3)c3ccccc32)C1. The van der Waals surface area contributed by atoms with Crippen LogP contribution in [0.25, 0.3) is 5.57 Å². The molecule has 0 bridgehead atoms. The molecule has 0 spiro atoms. The highest BCUT2D eigenvalue weighted by atomic mass is 15.1. The predicted molar refractivity (Wildman–Crippen MR) is 107 cm³/mol. The first kappa shape index (κ1) is 16.6. The molecule has 1 aliphatic heterocycles. The molecule has 1 saturated heterocycles. The standard InChI is InChI=1S/C24H29N/c1-2-3-4-10-16-25-17-15-21-20-13-8-9-14-22(20)24(23(21)18-25)19-11-6-5-7-12-19/h5-9,11-14,21H,2-4,10,15-18H2,1H3. The minimum Gasteiger partial charge on any atom is -0.299 e. The molecule has 0 aromatic heterocycles. The molecule has 1 fully saturated rings. The molecule has 2 aliphatic rings. The molecule has 130 valence electrons. The minimum atomic E-state index is 0.637. The van der Waals surface area contributed by atoms with E-state index < -0.39 is 0 Å². The molecule has 1 heteroatoms. The van der Waals surface area contributed by atoms with E-state index in [1.54, 1.807) is 11.1 Å². The summed E-state index contributed by atoms with van der Waals surface area (Å²) in [5, 5.41) is 0. The van der Waals surface area contributed by atoms with Crippen LogP contribution >= 0.6 is 0 Å². The van der Waals surface area contributed by atoms with Gasteiger partial charge >= 0.3 is 0 Å². The maximum atomic E-state index is 2.69. The molecular weight excluding hydrogens is 302 g/mol. The van der Waals surface area contributed by atoms with E-state index in [1.807, 2.05) is 0 Å². The van der Waals surface area contributed by atoms with E-state index in [2.05, 4.69) is 66.4 Å². The maximum absolute atomic E-state index is 2.69. The van der Waals surface area contributed by atoms with Crippen LogP contribution in [-0.4, -0.2) is 24.5 Å². The van der Waals surface area contributed by atoms with Gasteiger partial charge in [0, 0.05) is 12.5 Å². The van der Waals surface area contributed by atoms with Crippen molar-refractivity contribution in [1.82, 2.24) is 4.90 Å². The molecule has 1 atom stereocenters. The Morgan fingerprint density at radius 3 is 2.56 bits per heavy atom. The molecule has 4 rings (SSSR count). The van der Waals surface area contributed by atoms with Crippen LogP contribution in [0.5, 0.6) is 0 Å². The summed E-state index contributed by atoms with van der Waals surface area (Å²) in [6, 6.07) is 20.1. The molecule has 0 amide bonds. The Bertz CT molecular complexity index is 744. The van der Waals surface area contributed by atoms with Crippen LogP contribution in [0.3, 0.4) is 0 Å². The lowest BCUT2D eigenvalue weighted by Gasteiger charge is -2.33. The van der Waals surface area contributed by atoms with Crippen LogP contribution in [-0.2, 0) is 0 Å². The van der Waals surface area contributed by atoms with E-state index in [0.29, 0.717) is 5.92 Å². The van der Waals surface area contributed by atoms with Gasteiger partial charge in [-0.3, -0.25) is 4.90 Å². The topological polar surface area (TPSA) is 3.24 Å². The van der Waals surface area contributed by atoms with Crippen LogP contribution in [0.15, 0.2) is 60.2 Å². The highest BCUT2D eigenvalue weighted by Crippen LogP contribution is 2.48. The van der Waals surface area contributed by atoms with Gasteiger partial charge in [-0.2, -0.15) is 0 Å². The zero-order valence-corrected chi connectivity index (χ0v) is 15.4. The maximum Gasteiger partial charge on any atom is 0.0208 e. The molecule has 2 aromatic carbocycles. The fourth-order valence-electron chi connectivity index (χ4n) is 4.61. The summed E-state index contributed by atoms with van der Waals surface area (Å²) in [6.45, 7) is 5.94. The number of piperidine rings is 1. The Balaban J connectivity index is 1.62. The molecule has 1 aliphatic carbocycles. The van der Waals surface area contributed by atoms with E-state index in [-0.39, 0.29) is 0 Å². The van der Waals surface area contributed by atoms with E-state index in [0.717, 1.165) is 6.54 Å². The monoisotopic (exact) mass is 331 g/mol. The van der Waals surface area contributed by atoms with E-state index in [4.69, 9.17) is 0 Å². The first-order valence-corrected chi connectivity index (χ1v) is 9.98. The summed E-state index contributed by atoms with van der Waals surface area (Å²) in [7, 11) is 0. The first-order valence-electron chi connectivity index (χ1n) is 9.98. The Morgan fingerprint density at radius 2 is 1.72 bits per heavy atom. The van der Waals surface area contributed by atoms with Crippen LogP contribution in [0.4, 0.5) is 0 Å². The lowest BCUT2D eigenvalue weighted by Crippen LogP contribution is -2.34. The molecular formula is C24H29N. The lowest BCUT2D eigenvalue weighted by molar-refractivity contribution is 0.250. The molecule has 1 nitrogen and oxygen atoms in total. The Labute approximate surface area is 152 Å². The van der Waals surface area contributed by atoms with Gasteiger partial charge in [-0.1, -0.05) is 80.8 Å². The fourth-order valence-corrected chi connectivity index (χ4v) is 4.61. The van der Waals surface area contributed by atoms with Gasteiger partial charge in [0.2, 0.25) is 0 Å². The van der Waals surface area contributed by atoms with Gasteiger partial charge in [0.25, 0.3) is 0 Å². The Hall–Kier alpha value is -1.86. The number of fused-ring (bicyclic) bond motifs is 3. The second kappa shape index (κ2) is 7.58. The molecule has 25 heavy (non-hydrogen) atoms. The van der Waals surface area contributed by atoms with Gasteiger partial charge in [-0.15, -0.1) is 0 Å². The second-order valence-corrected chi connectivity index (χ2v) is 7.53. The van der Waals surface area contributed by atoms with Crippen molar-refractivity contribution >= 4 is 5.57 Å². The third-order valence-corrected chi connectivity index (χ3v) is 5.87. The third-order valence-electron chi connectivity index (χ3n) is 5.87. The number of rotatable bonds is 6. The minimum absolute atomic E-state index is 0.637. The highest BCUT2D eigenvalue weighted by molar-refractivity contribution is 5.89.